The van der Waals surface area contributed by atoms with Crippen LogP contribution in [0.5, 0.6) is 5.75 Å². The van der Waals surface area contributed by atoms with Gasteiger partial charge < -0.3 is 10.1 Å². The second-order valence-electron chi connectivity index (χ2n) is 4.34. The van der Waals surface area contributed by atoms with Gasteiger partial charge in [0.2, 0.25) is 0 Å². The van der Waals surface area contributed by atoms with Crippen molar-refractivity contribution < 1.29 is 4.74 Å². The van der Waals surface area contributed by atoms with Crippen LogP contribution in [0, 0.1) is 6.92 Å². The summed E-state index contributed by atoms with van der Waals surface area (Å²) in [5.74, 6) is 0.807. The summed E-state index contributed by atoms with van der Waals surface area (Å²) in [6.07, 6.45) is 3.36. The van der Waals surface area contributed by atoms with Gasteiger partial charge in [-0.05, 0) is 57.0 Å². The van der Waals surface area contributed by atoms with E-state index < -0.39 is 0 Å². The van der Waals surface area contributed by atoms with Crippen LogP contribution in [-0.2, 0) is 0 Å². The zero-order valence-corrected chi connectivity index (χ0v) is 13.4. The van der Waals surface area contributed by atoms with E-state index >= 15 is 0 Å². The van der Waals surface area contributed by atoms with Gasteiger partial charge in [0, 0.05) is 4.47 Å². The number of halogens is 2. The normalized spacial score (nSPS) is 10.7. The number of benzene rings is 1. The van der Waals surface area contributed by atoms with E-state index in [-0.39, 0.29) is 0 Å². The molecule has 0 aliphatic heterocycles. The van der Waals surface area contributed by atoms with Crippen molar-refractivity contribution in [2.24, 2.45) is 0 Å². The van der Waals surface area contributed by atoms with Gasteiger partial charge in [0.15, 0.2) is 0 Å². The minimum atomic E-state index is 0.672. The largest absolute Gasteiger partial charge is 0.492 e. The highest BCUT2D eigenvalue weighted by molar-refractivity contribution is 9.10. The van der Waals surface area contributed by atoms with Gasteiger partial charge in [-0.15, -0.1) is 0 Å². The van der Waals surface area contributed by atoms with Crippen molar-refractivity contribution in [2.75, 3.05) is 19.7 Å². The van der Waals surface area contributed by atoms with Crippen molar-refractivity contribution in [1.29, 1.82) is 0 Å². The Kier molecular flexibility index (Phi) is 7.71. The van der Waals surface area contributed by atoms with E-state index in [4.69, 9.17) is 16.3 Å². The van der Waals surface area contributed by atoms with Crippen LogP contribution in [0.25, 0.3) is 0 Å². The van der Waals surface area contributed by atoms with Crippen LogP contribution in [-0.4, -0.2) is 19.7 Å². The Bertz CT molecular complexity index is 348. The van der Waals surface area contributed by atoms with E-state index in [1.165, 1.54) is 6.42 Å². The van der Waals surface area contributed by atoms with Crippen LogP contribution in [0.1, 0.15) is 31.7 Å². The average Bonchev–Trinajstić information content (AvgIpc) is 2.30. The average molecular weight is 335 g/mol. The van der Waals surface area contributed by atoms with E-state index in [1.807, 2.05) is 19.1 Å². The monoisotopic (exact) mass is 333 g/mol. The van der Waals surface area contributed by atoms with Crippen LogP contribution >= 0.6 is 27.5 Å². The fourth-order valence-corrected chi connectivity index (χ4v) is 2.73. The summed E-state index contributed by atoms with van der Waals surface area (Å²) >= 11 is 9.56. The quantitative estimate of drug-likeness (QED) is 0.703. The van der Waals surface area contributed by atoms with E-state index in [2.05, 4.69) is 28.2 Å². The Labute approximate surface area is 123 Å². The third kappa shape index (κ3) is 5.59. The molecule has 4 heteroatoms. The molecule has 0 bridgehead atoms. The minimum Gasteiger partial charge on any atom is -0.492 e. The Balaban J connectivity index is 2.27. The summed E-state index contributed by atoms with van der Waals surface area (Å²) in [5, 5.41) is 4.05. The van der Waals surface area contributed by atoms with Gasteiger partial charge in [-0.25, -0.2) is 0 Å². The van der Waals surface area contributed by atoms with Gasteiger partial charge in [-0.2, -0.15) is 0 Å². The molecule has 0 amide bonds. The van der Waals surface area contributed by atoms with Gasteiger partial charge in [-0.1, -0.05) is 34.5 Å². The molecule has 0 radical (unpaired) electrons. The lowest BCUT2D eigenvalue weighted by Gasteiger charge is -2.11. The van der Waals surface area contributed by atoms with Crippen molar-refractivity contribution in [3.8, 4) is 5.75 Å². The molecular formula is C14H21BrClNO. The number of ether oxygens (including phenoxy) is 1. The first-order valence-corrected chi connectivity index (χ1v) is 7.61. The Hall–Kier alpha value is -0.250. The molecule has 0 spiro atoms. The molecule has 1 rings (SSSR count). The van der Waals surface area contributed by atoms with Crippen molar-refractivity contribution in [3.05, 3.63) is 27.2 Å². The summed E-state index contributed by atoms with van der Waals surface area (Å²) in [7, 11) is 0. The number of hydrogen-bond donors (Lipinski definition) is 1. The predicted octanol–water partition coefficient (Wildman–Crippen LogP) is 4.57. The molecule has 2 nitrogen and oxygen atoms in total. The fourth-order valence-electron chi connectivity index (χ4n) is 1.70. The molecule has 18 heavy (non-hydrogen) atoms. The van der Waals surface area contributed by atoms with E-state index in [0.29, 0.717) is 5.02 Å². The Morgan fingerprint density at radius 3 is 2.72 bits per heavy atom. The first-order valence-electron chi connectivity index (χ1n) is 6.44. The zero-order valence-electron chi connectivity index (χ0n) is 11.1. The number of rotatable bonds is 8. The maximum Gasteiger partial charge on any atom is 0.140 e. The molecule has 0 atom stereocenters. The molecule has 0 fully saturated rings. The van der Waals surface area contributed by atoms with Gasteiger partial charge in [0.05, 0.1) is 11.6 Å². The molecule has 1 N–H and O–H groups in total. The van der Waals surface area contributed by atoms with Gasteiger partial charge >= 0.3 is 0 Å². The second kappa shape index (κ2) is 8.78. The molecule has 1 aromatic carbocycles. The molecule has 1 aromatic rings. The standard InChI is InChI=1S/C14H21BrClNO/c1-3-6-17-7-4-5-8-18-14-11(2)9-12(15)10-13(14)16/h9-10,17H,3-8H2,1-2H3. The molecule has 0 unspecified atom stereocenters. The highest BCUT2D eigenvalue weighted by Crippen LogP contribution is 2.32. The van der Waals surface area contributed by atoms with Crippen molar-refractivity contribution in [1.82, 2.24) is 5.32 Å². The van der Waals surface area contributed by atoms with E-state index in [1.54, 1.807) is 0 Å². The summed E-state index contributed by atoms with van der Waals surface area (Å²) in [5.41, 5.74) is 1.07. The highest BCUT2D eigenvalue weighted by Gasteiger charge is 2.06. The smallest absolute Gasteiger partial charge is 0.140 e. The molecule has 0 saturated carbocycles. The molecule has 0 aliphatic rings. The minimum absolute atomic E-state index is 0.672. The van der Waals surface area contributed by atoms with Crippen molar-refractivity contribution in [2.45, 2.75) is 33.1 Å². The SMILES string of the molecule is CCCNCCCCOc1c(C)cc(Br)cc1Cl. The van der Waals surface area contributed by atoms with Crippen LogP contribution in [0.2, 0.25) is 5.02 Å². The van der Waals surface area contributed by atoms with E-state index in [0.717, 1.165) is 48.3 Å². The van der Waals surface area contributed by atoms with Crippen LogP contribution in [0.15, 0.2) is 16.6 Å². The Morgan fingerprint density at radius 2 is 2.06 bits per heavy atom. The van der Waals surface area contributed by atoms with Gasteiger partial charge in [0.1, 0.15) is 5.75 Å². The lowest BCUT2D eigenvalue weighted by molar-refractivity contribution is 0.304. The van der Waals surface area contributed by atoms with Gasteiger partial charge in [-0.3, -0.25) is 0 Å². The topological polar surface area (TPSA) is 21.3 Å². The van der Waals surface area contributed by atoms with Crippen molar-refractivity contribution in [3.63, 3.8) is 0 Å². The van der Waals surface area contributed by atoms with Crippen LogP contribution < -0.4 is 10.1 Å². The third-order valence-electron chi connectivity index (χ3n) is 2.62. The number of nitrogens with one attached hydrogen (secondary N) is 1. The van der Waals surface area contributed by atoms with E-state index in [9.17, 15) is 0 Å². The first-order chi connectivity index (χ1) is 8.65. The van der Waals surface area contributed by atoms with Crippen LogP contribution in [0.3, 0.4) is 0 Å². The summed E-state index contributed by atoms with van der Waals surface area (Å²) in [6, 6.07) is 3.89. The summed E-state index contributed by atoms with van der Waals surface area (Å²) in [6.45, 7) is 7.06. The molecule has 0 saturated heterocycles. The number of unbranched alkanes of at least 4 members (excludes halogenated alkanes) is 1. The maximum atomic E-state index is 6.15. The third-order valence-corrected chi connectivity index (χ3v) is 3.35. The number of hydrogen-bond acceptors (Lipinski definition) is 2. The molecular weight excluding hydrogens is 314 g/mol. The Morgan fingerprint density at radius 1 is 1.28 bits per heavy atom. The molecule has 0 heterocycles. The molecule has 102 valence electrons. The predicted molar refractivity (Wildman–Crippen MR) is 81.8 cm³/mol. The zero-order chi connectivity index (χ0) is 13.4. The summed E-state index contributed by atoms with van der Waals surface area (Å²) in [4.78, 5) is 0. The first kappa shape index (κ1) is 15.8. The second-order valence-corrected chi connectivity index (χ2v) is 5.66. The lowest BCUT2D eigenvalue weighted by Crippen LogP contribution is -2.16. The molecule has 0 aromatic heterocycles. The highest BCUT2D eigenvalue weighted by atomic mass is 79.9. The summed E-state index contributed by atoms with van der Waals surface area (Å²) < 4.78 is 6.74. The lowest BCUT2D eigenvalue weighted by atomic mass is 10.2. The fraction of sp³-hybridized carbons (Fsp3) is 0.571. The van der Waals surface area contributed by atoms with Gasteiger partial charge in [0.25, 0.3) is 0 Å². The molecule has 0 aliphatic carbocycles. The number of aryl methyl sites for hydroxylation is 1. The maximum absolute atomic E-state index is 6.15. The van der Waals surface area contributed by atoms with Crippen molar-refractivity contribution >= 4 is 27.5 Å². The van der Waals surface area contributed by atoms with Crippen LogP contribution in [0.4, 0.5) is 0 Å².